The quantitative estimate of drug-likeness (QED) is 0.908. The van der Waals surface area contributed by atoms with Gasteiger partial charge in [0.25, 0.3) is 0 Å². The predicted molar refractivity (Wildman–Crippen MR) is 80.4 cm³/mol. The first-order valence-electron chi connectivity index (χ1n) is 7.61. The van der Waals surface area contributed by atoms with E-state index in [1.165, 1.54) is 6.20 Å². The first-order valence-corrected chi connectivity index (χ1v) is 7.61. The third-order valence-electron chi connectivity index (χ3n) is 3.95. The molecule has 0 aliphatic carbocycles. The zero-order valence-electron chi connectivity index (χ0n) is 13.8. The van der Waals surface area contributed by atoms with Crippen molar-refractivity contribution in [3.8, 4) is 0 Å². The number of alkyl halides is 3. The molecule has 24 heavy (non-hydrogen) atoms. The average Bonchev–Trinajstić information content (AvgIpc) is 2.88. The fourth-order valence-corrected chi connectivity index (χ4v) is 2.80. The lowest BCUT2D eigenvalue weighted by atomic mass is 9.93. The van der Waals surface area contributed by atoms with Crippen LogP contribution in [0.3, 0.4) is 0 Å². The predicted octanol–water partition coefficient (Wildman–Crippen LogP) is 3.12. The molecule has 0 spiro atoms. The Labute approximate surface area is 138 Å². The first-order chi connectivity index (χ1) is 11.0. The van der Waals surface area contributed by atoms with Gasteiger partial charge in [0, 0.05) is 24.9 Å². The Kier molecular flexibility index (Phi) is 5.19. The van der Waals surface area contributed by atoms with Crippen LogP contribution in [0.2, 0.25) is 0 Å². The van der Waals surface area contributed by atoms with E-state index >= 15 is 0 Å². The minimum absolute atomic E-state index is 0.0366. The van der Waals surface area contributed by atoms with Crippen LogP contribution in [0.4, 0.5) is 13.2 Å². The standard InChI is InChI=1S/C16H21F3N2O3/c1-15(2,3)24-9-21-8-10(6-13(21)14(22)23)11-7-20-5-4-12(11)16(17,18)19/h4-5,7,10,13H,6,8-9H2,1-3H3,(H,22,23)/t10?,13-/m1/s1. The number of carbonyl (C=O) groups is 1. The monoisotopic (exact) mass is 346 g/mol. The van der Waals surface area contributed by atoms with E-state index in [2.05, 4.69) is 4.98 Å². The maximum atomic E-state index is 13.2. The van der Waals surface area contributed by atoms with Crippen molar-refractivity contribution in [2.24, 2.45) is 0 Å². The zero-order valence-corrected chi connectivity index (χ0v) is 13.8. The Hall–Kier alpha value is -1.67. The van der Waals surface area contributed by atoms with Crippen molar-refractivity contribution in [2.75, 3.05) is 13.3 Å². The smallest absolute Gasteiger partial charge is 0.416 e. The van der Waals surface area contributed by atoms with Crippen molar-refractivity contribution in [2.45, 2.75) is 50.9 Å². The van der Waals surface area contributed by atoms with Crippen molar-refractivity contribution in [3.63, 3.8) is 0 Å². The number of aliphatic carboxylic acids is 1. The normalized spacial score (nSPS) is 22.8. The van der Waals surface area contributed by atoms with Gasteiger partial charge in [-0.3, -0.25) is 14.7 Å². The lowest BCUT2D eigenvalue weighted by Gasteiger charge is -2.27. The number of pyridine rings is 1. The van der Waals surface area contributed by atoms with Gasteiger partial charge in [-0.1, -0.05) is 0 Å². The number of halogens is 3. The van der Waals surface area contributed by atoms with Crippen LogP contribution in [-0.2, 0) is 15.7 Å². The lowest BCUT2D eigenvalue weighted by molar-refractivity contribution is -0.146. The Morgan fingerprint density at radius 3 is 2.62 bits per heavy atom. The Morgan fingerprint density at radius 2 is 2.08 bits per heavy atom. The Balaban J connectivity index is 2.23. The van der Waals surface area contributed by atoms with Crippen LogP contribution in [0.25, 0.3) is 0 Å². The van der Waals surface area contributed by atoms with Crippen molar-refractivity contribution in [1.82, 2.24) is 9.88 Å². The molecule has 0 amide bonds. The molecule has 1 saturated heterocycles. The molecule has 1 unspecified atom stereocenters. The largest absolute Gasteiger partial charge is 0.480 e. The number of likely N-dealkylation sites (tertiary alicyclic amines) is 1. The molecule has 8 heteroatoms. The Bertz CT molecular complexity index is 599. The summed E-state index contributed by atoms with van der Waals surface area (Å²) in [6, 6.07) is 0.0537. The molecule has 0 bridgehead atoms. The summed E-state index contributed by atoms with van der Waals surface area (Å²) in [5.41, 5.74) is -1.19. The van der Waals surface area contributed by atoms with Gasteiger partial charge in [0.05, 0.1) is 11.2 Å². The molecule has 2 heterocycles. The number of hydrogen-bond donors (Lipinski definition) is 1. The number of ether oxygens (including phenoxy) is 1. The summed E-state index contributed by atoms with van der Waals surface area (Å²) in [5, 5.41) is 9.37. The molecule has 1 aliphatic rings. The van der Waals surface area contributed by atoms with Crippen molar-refractivity contribution >= 4 is 5.97 Å². The van der Waals surface area contributed by atoms with Crippen LogP contribution >= 0.6 is 0 Å². The highest BCUT2D eigenvalue weighted by Gasteiger charge is 2.42. The molecule has 1 N–H and O–H groups in total. The van der Waals surface area contributed by atoms with Gasteiger partial charge in [-0.05, 0) is 38.8 Å². The fraction of sp³-hybridized carbons (Fsp3) is 0.625. The van der Waals surface area contributed by atoms with E-state index < -0.39 is 35.3 Å². The van der Waals surface area contributed by atoms with E-state index in [0.29, 0.717) is 0 Å². The third-order valence-corrected chi connectivity index (χ3v) is 3.95. The van der Waals surface area contributed by atoms with Crippen molar-refractivity contribution in [1.29, 1.82) is 0 Å². The summed E-state index contributed by atoms with van der Waals surface area (Å²) >= 11 is 0. The SMILES string of the molecule is CC(C)(C)OCN1CC(c2cnccc2C(F)(F)F)C[C@@H]1C(=O)O. The van der Waals surface area contributed by atoms with Crippen LogP contribution < -0.4 is 0 Å². The van der Waals surface area contributed by atoms with E-state index in [0.717, 1.165) is 12.3 Å². The molecule has 2 rings (SSSR count). The van der Waals surface area contributed by atoms with Gasteiger partial charge in [-0.15, -0.1) is 0 Å². The summed E-state index contributed by atoms with van der Waals surface area (Å²) in [6.07, 6.45) is -2.12. The molecule has 0 saturated carbocycles. The molecule has 1 aromatic heterocycles. The van der Waals surface area contributed by atoms with Gasteiger partial charge in [-0.25, -0.2) is 0 Å². The summed E-state index contributed by atoms with van der Waals surface area (Å²) in [6.45, 7) is 5.73. The third kappa shape index (κ3) is 4.45. The van der Waals surface area contributed by atoms with E-state index in [-0.39, 0.29) is 25.3 Å². The highest BCUT2D eigenvalue weighted by Crippen LogP contribution is 2.39. The molecule has 134 valence electrons. The van der Waals surface area contributed by atoms with Crippen LogP contribution in [0.1, 0.15) is 44.2 Å². The van der Waals surface area contributed by atoms with Gasteiger partial charge in [0.1, 0.15) is 12.8 Å². The topological polar surface area (TPSA) is 62.7 Å². The van der Waals surface area contributed by atoms with E-state index in [1.807, 2.05) is 20.8 Å². The van der Waals surface area contributed by atoms with Crippen LogP contribution in [-0.4, -0.2) is 45.9 Å². The number of nitrogens with zero attached hydrogens (tertiary/aromatic N) is 2. The molecule has 1 aromatic rings. The average molecular weight is 346 g/mol. The minimum Gasteiger partial charge on any atom is -0.480 e. The molecule has 5 nitrogen and oxygen atoms in total. The number of rotatable bonds is 4. The minimum atomic E-state index is -4.49. The molecule has 1 aliphatic heterocycles. The summed E-state index contributed by atoms with van der Waals surface area (Å²) in [7, 11) is 0. The molecule has 2 atom stereocenters. The van der Waals surface area contributed by atoms with Gasteiger partial charge < -0.3 is 9.84 Å². The number of aromatic nitrogens is 1. The van der Waals surface area contributed by atoms with Gasteiger partial charge in [0.2, 0.25) is 0 Å². The molecule has 0 aromatic carbocycles. The molecular weight excluding hydrogens is 325 g/mol. The molecular formula is C16H21F3N2O3. The van der Waals surface area contributed by atoms with Gasteiger partial charge in [-0.2, -0.15) is 13.2 Å². The summed E-state index contributed by atoms with van der Waals surface area (Å²) in [5.74, 6) is -1.62. The summed E-state index contributed by atoms with van der Waals surface area (Å²) < 4.78 is 45.1. The fourth-order valence-electron chi connectivity index (χ4n) is 2.80. The molecule has 1 fully saturated rings. The summed E-state index contributed by atoms with van der Waals surface area (Å²) in [4.78, 5) is 16.8. The second kappa shape index (κ2) is 6.68. The number of carboxylic acid groups (broad SMARTS) is 1. The second-order valence-electron chi connectivity index (χ2n) is 6.90. The van der Waals surface area contributed by atoms with E-state index in [9.17, 15) is 23.1 Å². The highest BCUT2D eigenvalue weighted by atomic mass is 19.4. The van der Waals surface area contributed by atoms with Crippen molar-refractivity contribution < 1.29 is 27.8 Å². The number of carboxylic acids is 1. The van der Waals surface area contributed by atoms with Crippen LogP contribution in [0.15, 0.2) is 18.5 Å². The lowest BCUT2D eigenvalue weighted by Crippen LogP contribution is -2.39. The van der Waals surface area contributed by atoms with Gasteiger partial charge in [0.15, 0.2) is 0 Å². The number of hydrogen-bond acceptors (Lipinski definition) is 4. The zero-order chi connectivity index (χ0) is 18.1. The van der Waals surface area contributed by atoms with E-state index in [1.54, 1.807) is 4.90 Å². The van der Waals surface area contributed by atoms with Crippen molar-refractivity contribution in [3.05, 3.63) is 29.6 Å². The Morgan fingerprint density at radius 1 is 1.42 bits per heavy atom. The van der Waals surface area contributed by atoms with Crippen LogP contribution in [0.5, 0.6) is 0 Å². The highest BCUT2D eigenvalue weighted by molar-refractivity contribution is 5.74. The first kappa shape index (κ1) is 18.7. The van der Waals surface area contributed by atoms with E-state index in [4.69, 9.17) is 4.74 Å². The second-order valence-corrected chi connectivity index (χ2v) is 6.90. The maximum Gasteiger partial charge on any atom is 0.416 e. The van der Waals surface area contributed by atoms with Crippen LogP contribution in [0, 0.1) is 0 Å². The maximum absolute atomic E-state index is 13.2. The molecule has 0 radical (unpaired) electrons. The van der Waals surface area contributed by atoms with Gasteiger partial charge >= 0.3 is 12.1 Å².